The quantitative estimate of drug-likeness (QED) is 0.570. The first-order valence-corrected chi connectivity index (χ1v) is 8.24. The molecule has 0 atom stereocenters. The second-order valence-electron chi connectivity index (χ2n) is 5.86. The molecule has 0 bridgehead atoms. The Morgan fingerprint density at radius 2 is 1.74 bits per heavy atom. The van der Waals surface area contributed by atoms with Crippen molar-refractivity contribution in [2.75, 3.05) is 6.61 Å². The van der Waals surface area contributed by atoms with Gasteiger partial charge in [0.25, 0.3) is 5.91 Å². The number of carbonyl (C=O) groups excluding carboxylic acids is 1. The van der Waals surface area contributed by atoms with E-state index in [0.29, 0.717) is 17.9 Å². The van der Waals surface area contributed by atoms with Crippen molar-refractivity contribution in [2.45, 2.75) is 32.1 Å². The summed E-state index contributed by atoms with van der Waals surface area (Å²) in [6.07, 6.45) is 5.63. The number of amides is 1. The summed E-state index contributed by atoms with van der Waals surface area (Å²) in [5.41, 5.74) is 8.26. The number of benzene rings is 2. The van der Waals surface area contributed by atoms with Gasteiger partial charge in [0, 0.05) is 0 Å². The standard InChI is InChI=1S/C19H24BNO2/c20-16-11-12-18(17(14-16)19(21)22)23-13-7-2-1-4-8-15-9-5-3-6-10-15/h3,5-6,9-12,14H,1-2,4,7-8,13,20H2,(H2,21,22). The molecule has 2 rings (SSSR count). The summed E-state index contributed by atoms with van der Waals surface area (Å²) >= 11 is 0. The molecule has 0 aliphatic heterocycles. The molecule has 2 N–H and O–H groups in total. The van der Waals surface area contributed by atoms with Crippen molar-refractivity contribution in [3.8, 4) is 5.75 Å². The van der Waals surface area contributed by atoms with Gasteiger partial charge in [-0.2, -0.15) is 0 Å². The van der Waals surface area contributed by atoms with Gasteiger partial charge in [-0.25, -0.2) is 0 Å². The molecule has 2 aromatic carbocycles. The van der Waals surface area contributed by atoms with Gasteiger partial charge in [-0.05, 0) is 30.9 Å². The van der Waals surface area contributed by atoms with Gasteiger partial charge in [0.05, 0.1) is 12.2 Å². The minimum absolute atomic E-state index is 0.438. The molecule has 0 saturated carbocycles. The van der Waals surface area contributed by atoms with E-state index in [1.165, 1.54) is 18.4 Å². The predicted octanol–water partition coefficient (Wildman–Crippen LogP) is 2.23. The zero-order valence-corrected chi connectivity index (χ0v) is 13.8. The summed E-state index contributed by atoms with van der Waals surface area (Å²) in [7, 11) is 1.93. The van der Waals surface area contributed by atoms with Crippen LogP contribution < -0.4 is 15.9 Å². The highest BCUT2D eigenvalue weighted by Gasteiger charge is 2.09. The highest BCUT2D eigenvalue weighted by Crippen LogP contribution is 2.17. The number of primary amides is 1. The van der Waals surface area contributed by atoms with Gasteiger partial charge in [-0.1, -0.05) is 60.8 Å². The lowest BCUT2D eigenvalue weighted by Gasteiger charge is -2.10. The van der Waals surface area contributed by atoms with Crippen molar-refractivity contribution < 1.29 is 9.53 Å². The fraction of sp³-hybridized carbons (Fsp3) is 0.316. The van der Waals surface area contributed by atoms with Crippen LogP contribution in [0.5, 0.6) is 5.75 Å². The van der Waals surface area contributed by atoms with Crippen LogP contribution in [0, 0.1) is 0 Å². The third-order valence-electron chi connectivity index (χ3n) is 3.86. The Morgan fingerprint density at radius 1 is 1.00 bits per heavy atom. The molecule has 3 nitrogen and oxygen atoms in total. The average molecular weight is 309 g/mol. The topological polar surface area (TPSA) is 52.3 Å². The molecule has 4 heteroatoms. The fourth-order valence-corrected chi connectivity index (χ4v) is 2.57. The van der Waals surface area contributed by atoms with E-state index >= 15 is 0 Å². The smallest absolute Gasteiger partial charge is 0.252 e. The summed E-state index contributed by atoms with van der Waals surface area (Å²) in [5.74, 6) is 0.152. The molecule has 0 aromatic heterocycles. The summed E-state index contributed by atoms with van der Waals surface area (Å²) < 4.78 is 5.72. The average Bonchev–Trinajstić information content (AvgIpc) is 2.56. The van der Waals surface area contributed by atoms with Crippen LogP contribution in [0.3, 0.4) is 0 Å². The van der Waals surface area contributed by atoms with Crippen LogP contribution in [0.2, 0.25) is 0 Å². The Kier molecular flexibility index (Phi) is 6.73. The maximum Gasteiger partial charge on any atom is 0.252 e. The summed E-state index contributed by atoms with van der Waals surface area (Å²) in [6, 6.07) is 16.1. The Morgan fingerprint density at radius 3 is 2.48 bits per heavy atom. The van der Waals surface area contributed by atoms with Gasteiger partial charge < -0.3 is 10.5 Å². The van der Waals surface area contributed by atoms with Crippen molar-refractivity contribution in [2.24, 2.45) is 5.73 Å². The molecular formula is C19H24BNO2. The van der Waals surface area contributed by atoms with E-state index in [9.17, 15) is 4.79 Å². The van der Waals surface area contributed by atoms with Crippen LogP contribution in [-0.4, -0.2) is 20.4 Å². The molecule has 0 spiro atoms. The van der Waals surface area contributed by atoms with Crippen LogP contribution in [0.1, 0.15) is 41.6 Å². The molecule has 0 aliphatic rings. The SMILES string of the molecule is Bc1ccc(OCCCCCCc2ccccc2)c(C(N)=O)c1. The molecular weight excluding hydrogens is 285 g/mol. The number of aryl methyl sites for hydroxylation is 1. The summed E-state index contributed by atoms with van der Waals surface area (Å²) in [4.78, 5) is 11.4. The Hall–Kier alpha value is -2.23. The predicted molar refractivity (Wildman–Crippen MR) is 97.2 cm³/mol. The highest BCUT2D eigenvalue weighted by atomic mass is 16.5. The first kappa shape index (κ1) is 17.1. The molecule has 0 radical (unpaired) electrons. The zero-order chi connectivity index (χ0) is 16.5. The molecule has 0 unspecified atom stereocenters. The maximum atomic E-state index is 11.4. The molecule has 0 fully saturated rings. The van der Waals surface area contributed by atoms with Gasteiger partial charge in [0.2, 0.25) is 0 Å². The van der Waals surface area contributed by atoms with Crippen LogP contribution in [-0.2, 0) is 6.42 Å². The van der Waals surface area contributed by atoms with E-state index in [-0.39, 0.29) is 0 Å². The number of hydrogen-bond acceptors (Lipinski definition) is 2. The fourth-order valence-electron chi connectivity index (χ4n) is 2.57. The largest absolute Gasteiger partial charge is 0.493 e. The molecule has 2 aromatic rings. The molecule has 0 aliphatic carbocycles. The van der Waals surface area contributed by atoms with E-state index in [1.54, 1.807) is 6.07 Å². The van der Waals surface area contributed by atoms with Crippen molar-refractivity contribution in [1.82, 2.24) is 0 Å². The van der Waals surface area contributed by atoms with Crippen molar-refractivity contribution in [3.63, 3.8) is 0 Å². The van der Waals surface area contributed by atoms with E-state index in [0.717, 1.165) is 24.7 Å². The number of nitrogens with two attached hydrogens (primary N) is 1. The Bertz CT molecular complexity index is 629. The first-order valence-electron chi connectivity index (χ1n) is 8.24. The van der Waals surface area contributed by atoms with Gasteiger partial charge in [-0.15, -0.1) is 0 Å². The second kappa shape index (κ2) is 9.04. The van der Waals surface area contributed by atoms with Gasteiger partial charge >= 0.3 is 0 Å². The van der Waals surface area contributed by atoms with Crippen LogP contribution in [0.4, 0.5) is 0 Å². The monoisotopic (exact) mass is 309 g/mol. The molecule has 23 heavy (non-hydrogen) atoms. The van der Waals surface area contributed by atoms with Gasteiger partial charge in [0.15, 0.2) is 0 Å². The number of carbonyl (C=O) groups is 1. The van der Waals surface area contributed by atoms with Crippen LogP contribution in [0.25, 0.3) is 0 Å². The van der Waals surface area contributed by atoms with E-state index in [1.807, 2.05) is 26.0 Å². The van der Waals surface area contributed by atoms with E-state index in [2.05, 4.69) is 24.3 Å². The van der Waals surface area contributed by atoms with E-state index < -0.39 is 5.91 Å². The maximum absolute atomic E-state index is 11.4. The van der Waals surface area contributed by atoms with Gasteiger partial charge in [-0.3, -0.25) is 4.79 Å². The van der Waals surface area contributed by atoms with Crippen molar-refractivity contribution in [1.29, 1.82) is 0 Å². The number of hydrogen-bond donors (Lipinski definition) is 1. The lowest BCUT2D eigenvalue weighted by molar-refractivity contribution is 0.0996. The minimum atomic E-state index is -0.438. The third-order valence-corrected chi connectivity index (χ3v) is 3.86. The molecule has 1 amide bonds. The normalized spacial score (nSPS) is 10.4. The van der Waals surface area contributed by atoms with Crippen molar-refractivity contribution >= 4 is 19.2 Å². The van der Waals surface area contributed by atoms with Crippen molar-refractivity contribution in [3.05, 3.63) is 59.7 Å². The number of ether oxygens (including phenoxy) is 1. The van der Waals surface area contributed by atoms with E-state index in [4.69, 9.17) is 10.5 Å². The lowest BCUT2D eigenvalue weighted by Crippen LogP contribution is -2.16. The van der Waals surface area contributed by atoms with Crippen LogP contribution in [0.15, 0.2) is 48.5 Å². The molecule has 0 saturated heterocycles. The molecule has 120 valence electrons. The second-order valence-corrected chi connectivity index (χ2v) is 5.86. The molecule has 0 heterocycles. The zero-order valence-electron chi connectivity index (χ0n) is 13.8. The third kappa shape index (κ3) is 5.82. The Labute approximate surface area is 139 Å². The van der Waals surface area contributed by atoms with Crippen LogP contribution >= 0.6 is 0 Å². The number of unbranched alkanes of at least 4 members (excludes halogenated alkanes) is 3. The Balaban J connectivity index is 1.65. The lowest BCUT2D eigenvalue weighted by atomic mass is 9.94. The first-order chi connectivity index (χ1) is 11.2. The highest BCUT2D eigenvalue weighted by molar-refractivity contribution is 6.32. The summed E-state index contributed by atoms with van der Waals surface area (Å²) in [5, 5.41) is 0. The summed E-state index contributed by atoms with van der Waals surface area (Å²) in [6.45, 7) is 0.620. The number of rotatable bonds is 9. The minimum Gasteiger partial charge on any atom is -0.493 e. The van der Waals surface area contributed by atoms with Gasteiger partial charge in [0.1, 0.15) is 13.6 Å².